The van der Waals surface area contributed by atoms with Gasteiger partial charge >= 0.3 is 12.0 Å². The lowest BCUT2D eigenvalue weighted by molar-refractivity contribution is -0.143. The molecule has 0 aliphatic carbocycles. The highest BCUT2D eigenvalue weighted by Gasteiger charge is 2.31. The van der Waals surface area contributed by atoms with E-state index in [9.17, 15) is 14.7 Å². The normalized spacial score (nSPS) is 17.1. The smallest absolute Gasteiger partial charge is 0.317 e. The molecule has 1 heterocycles. The van der Waals surface area contributed by atoms with E-state index in [4.69, 9.17) is 11.2 Å². The molecular formula is C14H22N2O4. The number of esters is 1. The van der Waals surface area contributed by atoms with Gasteiger partial charge in [-0.3, -0.25) is 4.79 Å². The van der Waals surface area contributed by atoms with Gasteiger partial charge in [0.05, 0.1) is 6.61 Å². The third-order valence-corrected chi connectivity index (χ3v) is 3.29. The minimum absolute atomic E-state index is 0.187. The van der Waals surface area contributed by atoms with Crippen LogP contribution in [0.2, 0.25) is 0 Å². The number of nitrogens with zero attached hydrogens (tertiary/aromatic N) is 1. The predicted molar refractivity (Wildman–Crippen MR) is 73.9 cm³/mol. The highest BCUT2D eigenvalue weighted by molar-refractivity contribution is 5.74. The first-order valence-corrected chi connectivity index (χ1v) is 6.89. The Morgan fingerprint density at radius 2 is 2.10 bits per heavy atom. The summed E-state index contributed by atoms with van der Waals surface area (Å²) in [7, 11) is 0. The predicted octanol–water partition coefficient (Wildman–Crippen LogP) is 0.499. The number of hydrogen-bond donors (Lipinski definition) is 2. The third-order valence-electron chi connectivity index (χ3n) is 3.29. The average molecular weight is 282 g/mol. The van der Waals surface area contributed by atoms with Crippen LogP contribution in [0, 0.1) is 12.3 Å². The number of terminal acetylenes is 1. The third kappa shape index (κ3) is 5.10. The van der Waals surface area contributed by atoms with Gasteiger partial charge in [-0.25, -0.2) is 4.79 Å². The van der Waals surface area contributed by atoms with Crippen molar-refractivity contribution >= 4 is 12.0 Å². The molecule has 0 bridgehead atoms. The first-order chi connectivity index (χ1) is 9.50. The van der Waals surface area contributed by atoms with Crippen LogP contribution in [0.5, 0.6) is 0 Å². The molecule has 0 saturated carbocycles. The molecule has 1 aliphatic rings. The van der Waals surface area contributed by atoms with E-state index in [0.29, 0.717) is 51.9 Å². The quantitative estimate of drug-likeness (QED) is 0.437. The summed E-state index contributed by atoms with van der Waals surface area (Å²) in [5.74, 6) is 2.11. The van der Waals surface area contributed by atoms with Crippen LogP contribution in [-0.2, 0) is 9.53 Å². The van der Waals surface area contributed by atoms with Gasteiger partial charge < -0.3 is 20.1 Å². The lowest BCUT2D eigenvalue weighted by Gasteiger charge is -2.34. The molecule has 0 spiro atoms. The van der Waals surface area contributed by atoms with E-state index in [1.165, 1.54) is 0 Å². The molecule has 112 valence electrons. The van der Waals surface area contributed by atoms with Gasteiger partial charge in [-0.15, -0.1) is 6.42 Å². The number of carbonyl (C=O) groups is 2. The number of likely N-dealkylation sites (tertiary alicyclic amines) is 1. The van der Waals surface area contributed by atoms with Crippen LogP contribution < -0.4 is 5.32 Å². The Bertz CT molecular complexity index is 381. The van der Waals surface area contributed by atoms with Crippen LogP contribution in [-0.4, -0.2) is 53.8 Å². The van der Waals surface area contributed by atoms with Gasteiger partial charge in [0.15, 0.2) is 0 Å². The Kier molecular flexibility index (Phi) is 6.32. The van der Waals surface area contributed by atoms with Gasteiger partial charge in [0.2, 0.25) is 0 Å². The number of nitrogens with one attached hydrogen (secondary N) is 1. The van der Waals surface area contributed by atoms with Gasteiger partial charge in [-0.05, 0) is 13.3 Å². The van der Waals surface area contributed by atoms with Gasteiger partial charge in [0.25, 0.3) is 0 Å². The monoisotopic (exact) mass is 282 g/mol. The molecular weight excluding hydrogens is 260 g/mol. The number of piperidine rings is 1. The number of ether oxygens (including phenoxy) is 1. The zero-order valence-corrected chi connectivity index (χ0v) is 11.9. The number of hydrogen-bond acceptors (Lipinski definition) is 4. The second kappa shape index (κ2) is 7.75. The van der Waals surface area contributed by atoms with Crippen molar-refractivity contribution in [3.05, 3.63) is 0 Å². The van der Waals surface area contributed by atoms with Gasteiger partial charge in [-0.1, -0.05) is 5.92 Å². The van der Waals surface area contributed by atoms with Crippen molar-refractivity contribution in [3.8, 4) is 12.3 Å². The molecule has 20 heavy (non-hydrogen) atoms. The Morgan fingerprint density at radius 1 is 1.45 bits per heavy atom. The molecule has 1 rings (SSSR count). The Balaban J connectivity index is 2.18. The van der Waals surface area contributed by atoms with E-state index in [1.807, 2.05) is 0 Å². The summed E-state index contributed by atoms with van der Waals surface area (Å²) in [6, 6.07) is -0.187. The maximum absolute atomic E-state index is 11.8. The van der Waals surface area contributed by atoms with E-state index < -0.39 is 5.60 Å². The molecule has 1 fully saturated rings. The van der Waals surface area contributed by atoms with Crippen LogP contribution in [0.1, 0.15) is 32.6 Å². The van der Waals surface area contributed by atoms with E-state index >= 15 is 0 Å². The molecule has 0 aromatic carbocycles. The van der Waals surface area contributed by atoms with Crippen molar-refractivity contribution < 1.29 is 19.4 Å². The topological polar surface area (TPSA) is 78.9 Å². The molecule has 6 heteroatoms. The number of amides is 2. The van der Waals surface area contributed by atoms with E-state index in [1.54, 1.807) is 11.8 Å². The molecule has 2 amide bonds. The molecule has 0 aromatic heterocycles. The van der Waals surface area contributed by atoms with Crippen LogP contribution in [0.15, 0.2) is 0 Å². The first kappa shape index (κ1) is 16.3. The summed E-state index contributed by atoms with van der Waals surface area (Å²) in [5.41, 5.74) is -1.08. The lowest BCUT2D eigenvalue weighted by Crippen LogP contribution is -2.49. The summed E-state index contributed by atoms with van der Waals surface area (Å²) in [6.07, 6.45) is 6.87. The molecule has 2 N–H and O–H groups in total. The maximum atomic E-state index is 11.8. The van der Waals surface area contributed by atoms with Crippen molar-refractivity contribution in [2.24, 2.45) is 0 Å². The fourth-order valence-electron chi connectivity index (χ4n) is 2.00. The molecule has 6 nitrogen and oxygen atoms in total. The van der Waals surface area contributed by atoms with Crippen molar-refractivity contribution in [1.82, 2.24) is 10.2 Å². The first-order valence-electron chi connectivity index (χ1n) is 6.89. The standard InChI is InChI=1S/C14H22N2O4/c1-3-14(19)7-10-16(11-8-14)13(18)15-9-5-6-12(17)20-4-2/h1,19H,4-11H2,2H3,(H,15,18). The molecule has 0 radical (unpaired) electrons. The summed E-state index contributed by atoms with van der Waals surface area (Å²) >= 11 is 0. The van der Waals surface area contributed by atoms with Gasteiger partial charge in [-0.2, -0.15) is 0 Å². The van der Waals surface area contributed by atoms with Crippen molar-refractivity contribution in [1.29, 1.82) is 0 Å². The molecule has 0 aromatic rings. The Morgan fingerprint density at radius 3 is 2.65 bits per heavy atom. The van der Waals surface area contributed by atoms with E-state index in [0.717, 1.165) is 0 Å². The Hall–Kier alpha value is -1.74. The Labute approximate surface area is 119 Å². The minimum atomic E-state index is -1.08. The maximum Gasteiger partial charge on any atom is 0.317 e. The van der Waals surface area contributed by atoms with Gasteiger partial charge in [0, 0.05) is 38.9 Å². The summed E-state index contributed by atoms with van der Waals surface area (Å²) in [6.45, 7) is 3.42. The SMILES string of the molecule is C#CC1(O)CCN(C(=O)NCCCC(=O)OCC)CC1. The molecule has 0 unspecified atom stereocenters. The lowest BCUT2D eigenvalue weighted by atomic mass is 9.93. The fourth-order valence-corrected chi connectivity index (χ4v) is 2.00. The van der Waals surface area contributed by atoms with Crippen LogP contribution >= 0.6 is 0 Å². The minimum Gasteiger partial charge on any atom is -0.466 e. The van der Waals surface area contributed by atoms with E-state index in [-0.39, 0.29) is 12.0 Å². The molecule has 1 saturated heterocycles. The summed E-state index contributed by atoms with van der Waals surface area (Å²) in [4.78, 5) is 24.6. The van der Waals surface area contributed by atoms with Crippen molar-refractivity contribution in [2.45, 2.75) is 38.2 Å². The fraction of sp³-hybridized carbons (Fsp3) is 0.714. The second-order valence-electron chi connectivity index (χ2n) is 4.80. The molecule has 0 atom stereocenters. The number of urea groups is 1. The van der Waals surface area contributed by atoms with Crippen LogP contribution in [0.3, 0.4) is 0 Å². The summed E-state index contributed by atoms with van der Waals surface area (Å²) in [5, 5.41) is 12.6. The van der Waals surface area contributed by atoms with Crippen LogP contribution in [0.4, 0.5) is 4.79 Å². The van der Waals surface area contributed by atoms with Crippen LogP contribution in [0.25, 0.3) is 0 Å². The highest BCUT2D eigenvalue weighted by atomic mass is 16.5. The van der Waals surface area contributed by atoms with Crippen molar-refractivity contribution in [3.63, 3.8) is 0 Å². The summed E-state index contributed by atoms with van der Waals surface area (Å²) < 4.78 is 4.79. The largest absolute Gasteiger partial charge is 0.466 e. The van der Waals surface area contributed by atoms with Crippen molar-refractivity contribution in [2.75, 3.05) is 26.2 Å². The highest BCUT2D eigenvalue weighted by Crippen LogP contribution is 2.20. The number of rotatable bonds is 5. The van der Waals surface area contributed by atoms with E-state index in [2.05, 4.69) is 11.2 Å². The average Bonchev–Trinajstić information content (AvgIpc) is 2.44. The number of carbonyl (C=O) groups excluding carboxylic acids is 2. The number of aliphatic hydroxyl groups is 1. The second-order valence-corrected chi connectivity index (χ2v) is 4.80. The zero-order chi connectivity index (χ0) is 15.0. The van der Waals surface area contributed by atoms with Gasteiger partial charge in [0.1, 0.15) is 5.60 Å². The zero-order valence-electron chi connectivity index (χ0n) is 11.9. The molecule has 1 aliphatic heterocycles.